The molecule has 0 aromatic heterocycles. The molecule has 2 aliphatic heterocycles. The number of likely N-dealkylation sites (N-methyl/N-ethyl adjacent to an activating group) is 1. The smallest absolute Gasteiger partial charge is 0.227 e. The van der Waals surface area contributed by atoms with Crippen LogP contribution in [-0.2, 0) is 14.3 Å². The topological polar surface area (TPSA) is 53.1 Å². The number of carbonyl (C=O) groups excluding carboxylic acids is 2. The third-order valence-corrected chi connectivity index (χ3v) is 4.45. The van der Waals surface area contributed by atoms with Crippen molar-refractivity contribution in [3.8, 4) is 0 Å². The van der Waals surface area contributed by atoms with E-state index in [9.17, 15) is 9.59 Å². The molecule has 1 atom stereocenters. The van der Waals surface area contributed by atoms with Gasteiger partial charge in [0.2, 0.25) is 11.8 Å². The Morgan fingerprint density at radius 2 is 2.10 bits per heavy atom. The molecule has 6 heteroatoms. The summed E-state index contributed by atoms with van der Waals surface area (Å²) >= 11 is 0. The van der Waals surface area contributed by atoms with Crippen molar-refractivity contribution in [2.24, 2.45) is 5.92 Å². The maximum Gasteiger partial charge on any atom is 0.227 e. The Morgan fingerprint density at radius 3 is 2.86 bits per heavy atom. The molecule has 0 N–H and O–H groups in total. The summed E-state index contributed by atoms with van der Waals surface area (Å²) < 4.78 is 5.04. The third-order valence-electron chi connectivity index (χ3n) is 4.45. The molecule has 2 fully saturated rings. The average molecular weight is 297 g/mol. The molecule has 2 aliphatic rings. The Morgan fingerprint density at radius 1 is 1.29 bits per heavy atom. The minimum Gasteiger partial charge on any atom is -0.383 e. The molecule has 0 radical (unpaired) electrons. The molecule has 0 aliphatic carbocycles. The van der Waals surface area contributed by atoms with E-state index in [-0.39, 0.29) is 17.7 Å². The Balaban J connectivity index is 1.90. The van der Waals surface area contributed by atoms with E-state index in [0.717, 1.165) is 32.6 Å². The zero-order valence-corrected chi connectivity index (χ0v) is 13.2. The van der Waals surface area contributed by atoms with Gasteiger partial charge in [0.1, 0.15) is 0 Å². The lowest BCUT2D eigenvalue weighted by atomic mass is 9.96. The van der Waals surface area contributed by atoms with Crippen molar-refractivity contribution in [1.29, 1.82) is 0 Å². The lowest BCUT2D eigenvalue weighted by Crippen LogP contribution is -2.48. The first-order chi connectivity index (χ1) is 10.1. The van der Waals surface area contributed by atoms with Gasteiger partial charge in [0, 0.05) is 46.3 Å². The molecule has 2 saturated heterocycles. The van der Waals surface area contributed by atoms with Crippen LogP contribution in [0.1, 0.15) is 19.3 Å². The van der Waals surface area contributed by atoms with Crippen LogP contribution in [0.2, 0.25) is 0 Å². The molecular formula is C15H27N3O3. The van der Waals surface area contributed by atoms with Crippen molar-refractivity contribution in [3.05, 3.63) is 0 Å². The van der Waals surface area contributed by atoms with E-state index in [2.05, 4.69) is 11.9 Å². The largest absolute Gasteiger partial charge is 0.383 e. The first kappa shape index (κ1) is 16.2. The fraction of sp³-hybridized carbons (Fsp3) is 0.867. The molecule has 2 amide bonds. The Hall–Kier alpha value is -1.14. The van der Waals surface area contributed by atoms with Crippen molar-refractivity contribution < 1.29 is 14.3 Å². The van der Waals surface area contributed by atoms with Crippen LogP contribution in [0.25, 0.3) is 0 Å². The highest BCUT2D eigenvalue weighted by atomic mass is 16.5. The number of piperidine rings is 1. The number of nitrogens with zero attached hydrogens (tertiary/aromatic N) is 3. The summed E-state index contributed by atoms with van der Waals surface area (Å²) in [5.74, 6) is 0.329. The van der Waals surface area contributed by atoms with Gasteiger partial charge in [-0.2, -0.15) is 0 Å². The van der Waals surface area contributed by atoms with E-state index < -0.39 is 0 Å². The standard InChI is InChI=1S/C15H27N3O3/c1-16-6-3-7-17(9-8-16)15(20)13-4-5-14(19)18(12-13)10-11-21-2/h13H,3-12H2,1-2H3. The van der Waals surface area contributed by atoms with E-state index in [4.69, 9.17) is 4.74 Å². The van der Waals surface area contributed by atoms with Crippen LogP contribution in [-0.4, -0.2) is 86.5 Å². The van der Waals surface area contributed by atoms with Gasteiger partial charge in [0.25, 0.3) is 0 Å². The van der Waals surface area contributed by atoms with E-state index in [1.807, 2.05) is 4.90 Å². The highest BCUT2D eigenvalue weighted by Gasteiger charge is 2.32. The molecule has 0 saturated carbocycles. The van der Waals surface area contributed by atoms with Gasteiger partial charge in [-0.05, 0) is 26.4 Å². The summed E-state index contributed by atoms with van der Waals surface area (Å²) in [5, 5.41) is 0. The van der Waals surface area contributed by atoms with Gasteiger partial charge in [0.15, 0.2) is 0 Å². The van der Waals surface area contributed by atoms with Crippen molar-refractivity contribution in [2.75, 3.05) is 60.0 Å². The minimum absolute atomic E-state index is 0.0389. The maximum absolute atomic E-state index is 12.7. The summed E-state index contributed by atoms with van der Waals surface area (Å²) in [6.45, 7) is 5.29. The summed E-state index contributed by atoms with van der Waals surface area (Å²) in [4.78, 5) is 30.6. The molecule has 2 heterocycles. The molecule has 0 aromatic rings. The summed E-state index contributed by atoms with van der Waals surface area (Å²) in [7, 11) is 3.73. The predicted molar refractivity (Wildman–Crippen MR) is 79.9 cm³/mol. The average Bonchev–Trinajstić information content (AvgIpc) is 2.70. The van der Waals surface area contributed by atoms with Gasteiger partial charge in [-0.1, -0.05) is 0 Å². The molecule has 2 rings (SSSR count). The van der Waals surface area contributed by atoms with Crippen LogP contribution in [0.5, 0.6) is 0 Å². The monoisotopic (exact) mass is 297 g/mol. The second-order valence-corrected chi connectivity index (χ2v) is 6.05. The fourth-order valence-electron chi connectivity index (χ4n) is 3.06. The van der Waals surface area contributed by atoms with Crippen LogP contribution in [0.4, 0.5) is 0 Å². The van der Waals surface area contributed by atoms with Gasteiger partial charge in [0.05, 0.1) is 12.5 Å². The van der Waals surface area contributed by atoms with Crippen molar-refractivity contribution >= 4 is 11.8 Å². The molecule has 0 aromatic carbocycles. The Kier molecular flexibility index (Phi) is 5.99. The second kappa shape index (κ2) is 7.75. The lowest BCUT2D eigenvalue weighted by molar-refractivity contribution is -0.143. The van der Waals surface area contributed by atoms with Crippen LogP contribution in [0.3, 0.4) is 0 Å². The van der Waals surface area contributed by atoms with E-state index >= 15 is 0 Å². The van der Waals surface area contributed by atoms with Gasteiger partial charge < -0.3 is 19.4 Å². The van der Waals surface area contributed by atoms with Crippen LogP contribution in [0.15, 0.2) is 0 Å². The maximum atomic E-state index is 12.7. The lowest BCUT2D eigenvalue weighted by Gasteiger charge is -2.34. The molecule has 1 unspecified atom stereocenters. The quantitative estimate of drug-likeness (QED) is 0.735. The summed E-state index contributed by atoms with van der Waals surface area (Å²) in [6, 6.07) is 0. The SMILES string of the molecule is COCCN1CC(C(=O)N2CCCN(C)CC2)CCC1=O. The molecule has 6 nitrogen and oxygen atoms in total. The molecule has 120 valence electrons. The van der Waals surface area contributed by atoms with Crippen molar-refractivity contribution in [3.63, 3.8) is 0 Å². The van der Waals surface area contributed by atoms with Crippen LogP contribution < -0.4 is 0 Å². The molecule has 21 heavy (non-hydrogen) atoms. The van der Waals surface area contributed by atoms with E-state index in [0.29, 0.717) is 32.5 Å². The second-order valence-electron chi connectivity index (χ2n) is 6.05. The first-order valence-electron chi connectivity index (χ1n) is 7.86. The number of amides is 2. The summed E-state index contributed by atoms with van der Waals surface area (Å²) in [6.07, 6.45) is 2.20. The molecule has 0 spiro atoms. The van der Waals surface area contributed by atoms with Gasteiger partial charge >= 0.3 is 0 Å². The van der Waals surface area contributed by atoms with E-state index in [1.165, 1.54) is 0 Å². The number of carbonyl (C=O) groups is 2. The highest BCUT2D eigenvalue weighted by Crippen LogP contribution is 2.20. The Labute approximate surface area is 127 Å². The zero-order valence-electron chi connectivity index (χ0n) is 13.2. The number of ether oxygens (including phenoxy) is 1. The van der Waals surface area contributed by atoms with E-state index in [1.54, 1.807) is 12.0 Å². The number of rotatable bonds is 4. The number of likely N-dealkylation sites (tertiary alicyclic amines) is 1. The predicted octanol–water partition coefficient (Wildman–Crippen LogP) is 0.0355. The molecule has 0 bridgehead atoms. The third kappa shape index (κ3) is 4.41. The first-order valence-corrected chi connectivity index (χ1v) is 7.86. The van der Waals surface area contributed by atoms with Crippen LogP contribution >= 0.6 is 0 Å². The zero-order chi connectivity index (χ0) is 15.2. The van der Waals surface area contributed by atoms with Gasteiger partial charge in [-0.15, -0.1) is 0 Å². The van der Waals surface area contributed by atoms with Crippen LogP contribution in [0, 0.1) is 5.92 Å². The molecular weight excluding hydrogens is 270 g/mol. The fourth-order valence-corrected chi connectivity index (χ4v) is 3.06. The number of hydrogen-bond acceptors (Lipinski definition) is 4. The Bertz CT molecular complexity index is 375. The summed E-state index contributed by atoms with van der Waals surface area (Å²) in [5.41, 5.74) is 0. The van der Waals surface area contributed by atoms with Crippen molar-refractivity contribution in [2.45, 2.75) is 19.3 Å². The minimum atomic E-state index is -0.0389. The van der Waals surface area contributed by atoms with Gasteiger partial charge in [-0.25, -0.2) is 0 Å². The van der Waals surface area contributed by atoms with Gasteiger partial charge in [-0.3, -0.25) is 9.59 Å². The van der Waals surface area contributed by atoms with Crippen molar-refractivity contribution in [1.82, 2.24) is 14.7 Å². The number of hydrogen-bond donors (Lipinski definition) is 0. The number of methoxy groups -OCH3 is 1. The normalized spacial score (nSPS) is 25.0. The highest BCUT2D eigenvalue weighted by molar-refractivity contribution is 5.84.